The van der Waals surface area contributed by atoms with Gasteiger partial charge in [-0.1, -0.05) is 26.0 Å². The van der Waals surface area contributed by atoms with E-state index in [-0.39, 0.29) is 24.0 Å². The first-order chi connectivity index (χ1) is 10.6. The lowest BCUT2D eigenvalue weighted by Gasteiger charge is -2.26. The van der Waals surface area contributed by atoms with E-state index in [1.165, 1.54) is 12.1 Å². The summed E-state index contributed by atoms with van der Waals surface area (Å²) < 4.78 is 51.6. The topological polar surface area (TPSA) is 78.9 Å². The average molecular weight is 364 g/mol. The molecule has 0 heterocycles. The first-order valence-corrected chi connectivity index (χ1v) is 10.9. The van der Waals surface area contributed by atoms with E-state index in [1.54, 1.807) is 26.0 Å². The molecule has 6 nitrogen and oxygen atoms in total. The minimum atomic E-state index is -3.66. The third-order valence-electron chi connectivity index (χ3n) is 3.06. The molecule has 0 spiro atoms. The number of phosphoric acid groups is 1. The van der Waals surface area contributed by atoms with E-state index in [0.29, 0.717) is 5.56 Å². The van der Waals surface area contributed by atoms with Crippen molar-refractivity contribution in [1.29, 1.82) is 0 Å². The van der Waals surface area contributed by atoms with Crippen LogP contribution in [0.2, 0.25) is 0 Å². The van der Waals surface area contributed by atoms with Crippen LogP contribution < -0.4 is 0 Å². The van der Waals surface area contributed by atoms with Gasteiger partial charge in [0.25, 0.3) is 0 Å². The van der Waals surface area contributed by atoms with Crippen molar-refractivity contribution < 1.29 is 26.6 Å². The summed E-state index contributed by atoms with van der Waals surface area (Å²) >= 11 is 0. The highest BCUT2D eigenvalue weighted by molar-refractivity contribution is 7.90. The van der Waals surface area contributed by atoms with E-state index < -0.39 is 23.8 Å². The van der Waals surface area contributed by atoms with Crippen LogP contribution in [-0.2, 0) is 28.0 Å². The van der Waals surface area contributed by atoms with Gasteiger partial charge in [0.15, 0.2) is 9.84 Å². The molecule has 0 aliphatic carbocycles. The molecule has 0 N–H and O–H groups in total. The molecule has 0 saturated carbocycles. The summed E-state index contributed by atoms with van der Waals surface area (Å²) in [6.07, 6.45) is 0.615. The van der Waals surface area contributed by atoms with E-state index in [2.05, 4.69) is 0 Å². The Morgan fingerprint density at radius 2 is 1.52 bits per heavy atom. The van der Waals surface area contributed by atoms with E-state index in [1.807, 2.05) is 13.8 Å². The first kappa shape index (κ1) is 20.3. The molecule has 1 rings (SSSR count). The first-order valence-electron chi connectivity index (χ1n) is 7.50. The quantitative estimate of drug-likeness (QED) is 0.617. The van der Waals surface area contributed by atoms with Gasteiger partial charge in [0.05, 0.1) is 24.2 Å². The summed E-state index contributed by atoms with van der Waals surface area (Å²) in [5.74, 6) is -0.00618. The highest BCUT2D eigenvalue weighted by Crippen LogP contribution is 2.54. The van der Waals surface area contributed by atoms with Crippen molar-refractivity contribution in [2.45, 2.75) is 38.7 Å². The van der Waals surface area contributed by atoms with Crippen LogP contribution >= 0.6 is 7.82 Å². The molecule has 23 heavy (non-hydrogen) atoms. The zero-order chi connectivity index (χ0) is 17.7. The fourth-order valence-corrected chi connectivity index (χ4v) is 4.13. The normalized spacial score (nSPS) is 14.2. The van der Waals surface area contributed by atoms with E-state index >= 15 is 0 Å². The highest BCUT2D eigenvalue weighted by atomic mass is 32.2. The number of rotatable bonds is 9. The molecule has 0 aliphatic rings. The van der Waals surface area contributed by atoms with Crippen molar-refractivity contribution in [3.63, 3.8) is 0 Å². The Morgan fingerprint density at radius 1 is 1.04 bits per heavy atom. The van der Waals surface area contributed by atoms with Gasteiger partial charge in [0.1, 0.15) is 0 Å². The van der Waals surface area contributed by atoms with Crippen molar-refractivity contribution >= 4 is 17.7 Å². The Bertz CT molecular complexity index is 628. The summed E-state index contributed by atoms with van der Waals surface area (Å²) in [6, 6.07) is 6.33. The van der Waals surface area contributed by atoms with Gasteiger partial charge in [-0.2, -0.15) is 0 Å². The van der Waals surface area contributed by atoms with Crippen LogP contribution in [0.25, 0.3) is 0 Å². The Labute approximate surface area is 138 Å². The van der Waals surface area contributed by atoms with Crippen LogP contribution in [-0.4, -0.2) is 27.9 Å². The SMILES string of the molecule is CCOP(=O)(OCC)OC(c1ccc(S(C)(=O)=O)cc1)C(C)C. The zero-order valence-corrected chi connectivity index (χ0v) is 15.9. The predicted molar refractivity (Wildman–Crippen MR) is 89.1 cm³/mol. The molecular weight excluding hydrogens is 339 g/mol. The largest absolute Gasteiger partial charge is 0.475 e. The van der Waals surface area contributed by atoms with E-state index in [4.69, 9.17) is 13.6 Å². The molecule has 8 heteroatoms. The van der Waals surface area contributed by atoms with Crippen LogP contribution in [0.3, 0.4) is 0 Å². The lowest BCUT2D eigenvalue weighted by atomic mass is 9.99. The van der Waals surface area contributed by atoms with E-state index in [9.17, 15) is 13.0 Å². The maximum absolute atomic E-state index is 12.6. The van der Waals surface area contributed by atoms with Crippen molar-refractivity contribution in [1.82, 2.24) is 0 Å². The van der Waals surface area contributed by atoms with Crippen molar-refractivity contribution in [3.8, 4) is 0 Å². The third-order valence-corrected chi connectivity index (χ3v) is 5.82. The van der Waals surface area contributed by atoms with Gasteiger partial charge in [-0.15, -0.1) is 0 Å². The molecule has 1 atom stereocenters. The molecule has 0 aliphatic heterocycles. The molecule has 0 amide bonds. The summed E-state index contributed by atoms with van der Waals surface area (Å²) in [4.78, 5) is 0.224. The van der Waals surface area contributed by atoms with Gasteiger partial charge in [-0.05, 0) is 37.5 Å². The van der Waals surface area contributed by atoms with Crippen LogP contribution in [0.1, 0.15) is 39.4 Å². The summed E-state index contributed by atoms with van der Waals surface area (Å²) in [5, 5.41) is 0. The molecule has 1 unspecified atom stereocenters. The van der Waals surface area contributed by atoms with Crippen molar-refractivity contribution in [2.24, 2.45) is 5.92 Å². The molecule has 1 aromatic rings. The second kappa shape index (κ2) is 8.40. The minimum absolute atomic E-state index is 0.00618. The summed E-state index contributed by atoms with van der Waals surface area (Å²) in [7, 11) is -6.92. The van der Waals surface area contributed by atoms with Crippen LogP contribution in [0.5, 0.6) is 0 Å². The monoisotopic (exact) mass is 364 g/mol. The molecule has 1 aromatic carbocycles. The number of benzene rings is 1. The van der Waals surface area contributed by atoms with Crippen LogP contribution in [0.4, 0.5) is 0 Å². The fourth-order valence-electron chi connectivity index (χ4n) is 2.03. The van der Waals surface area contributed by atoms with E-state index in [0.717, 1.165) is 6.26 Å². The van der Waals surface area contributed by atoms with Crippen LogP contribution in [0, 0.1) is 5.92 Å². The maximum atomic E-state index is 12.6. The Balaban J connectivity index is 3.09. The minimum Gasteiger partial charge on any atom is -0.287 e. The average Bonchev–Trinajstić information content (AvgIpc) is 2.44. The zero-order valence-electron chi connectivity index (χ0n) is 14.2. The molecular formula is C15H25O6PS. The lowest BCUT2D eigenvalue weighted by molar-refractivity contribution is 0.0621. The molecule has 0 aromatic heterocycles. The smallest absolute Gasteiger partial charge is 0.287 e. The second-order valence-electron chi connectivity index (χ2n) is 5.39. The Morgan fingerprint density at radius 3 is 1.87 bits per heavy atom. The lowest BCUT2D eigenvalue weighted by Crippen LogP contribution is -2.12. The molecule has 132 valence electrons. The summed E-state index contributed by atoms with van der Waals surface area (Å²) in [6.45, 7) is 7.65. The molecule has 0 saturated heterocycles. The van der Waals surface area contributed by atoms with Gasteiger partial charge in [-0.3, -0.25) is 13.6 Å². The summed E-state index contributed by atoms with van der Waals surface area (Å²) in [5.41, 5.74) is 0.715. The molecule has 0 radical (unpaired) electrons. The van der Waals surface area contributed by atoms with Gasteiger partial charge >= 0.3 is 7.82 Å². The van der Waals surface area contributed by atoms with Gasteiger partial charge < -0.3 is 0 Å². The van der Waals surface area contributed by atoms with Gasteiger partial charge in [0, 0.05) is 6.26 Å². The third kappa shape index (κ3) is 6.01. The number of hydrogen-bond donors (Lipinski definition) is 0. The van der Waals surface area contributed by atoms with Gasteiger partial charge in [0.2, 0.25) is 0 Å². The van der Waals surface area contributed by atoms with Crippen molar-refractivity contribution in [3.05, 3.63) is 29.8 Å². The second-order valence-corrected chi connectivity index (χ2v) is 9.03. The molecule has 0 bridgehead atoms. The predicted octanol–water partition coefficient (Wildman–Crippen LogP) is 3.98. The Hall–Kier alpha value is -0.720. The standard InChI is InChI=1S/C15H25O6PS/c1-6-19-22(16,20-7-2)21-15(12(3)4)13-8-10-14(11-9-13)23(5,17)18/h8-12,15H,6-7H2,1-5H3. The maximum Gasteiger partial charge on any atom is 0.475 e. The molecule has 0 fully saturated rings. The van der Waals surface area contributed by atoms with Gasteiger partial charge in [-0.25, -0.2) is 13.0 Å². The van der Waals surface area contributed by atoms with Crippen LogP contribution in [0.15, 0.2) is 29.2 Å². The number of hydrogen-bond acceptors (Lipinski definition) is 6. The number of phosphoric ester groups is 1. The Kier molecular flexibility index (Phi) is 7.42. The fraction of sp³-hybridized carbons (Fsp3) is 0.600. The highest BCUT2D eigenvalue weighted by Gasteiger charge is 2.32. The number of sulfone groups is 1. The van der Waals surface area contributed by atoms with Crippen molar-refractivity contribution in [2.75, 3.05) is 19.5 Å².